The SMILES string of the molecule is CPCN(CCC1CCC(OP(N)OC2CCC(CCNCP(C)O)CC2)CC1)C[P+](C)(O)O. The van der Waals surface area contributed by atoms with Gasteiger partial charge in [-0.1, -0.05) is 0 Å². The van der Waals surface area contributed by atoms with E-state index in [0.29, 0.717) is 12.2 Å². The number of nitrogens with two attached hydrogens (primary N) is 1. The first-order valence-electron chi connectivity index (χ1n) is 12.8. The van der Waals surface area contributed by atoms with Gasteiger partial charge in [0.05, 0.1) is 12.2 Å². The van der Waals surface area contributed by atoms with Crippen LogP contribution < -0.4 is 10.8 Å². The smallest absolute Gasteiger partial charge is 0.279 e. The van der Waals surface area contributed by atoms with Crippen LogP contribution in [-0.2, 0) is 9.05 Å². The Morgan fingerprint density at radius 1 is 1.00 bits per heavy atom. The normalized spacial score (nSPS) is 28.6. The van der Waals surface area contributed by atoms with Gasteiger partial charge >= 0.3 is 0 Å². The van der Waals surface area contributed by atoms with Crippen molar-refractivity contribution in [2.24, 2.45) is 17.3 Å². The van der Waals surface area contributed by atoms with Crippen molar-refractivity contribution >= 4 is 33.0 Å². The van der Waals surface area contributed by atoms with Gasteiger partial charge in [0.1, 0.15) is 6.66 Å². The first-order chi connectivity index (χ1) is 16.1. The van der Waals surface area contributed by atoms with Crippen molar-refractivity contribution in [1.29, 1.82) is 0 Å². The number of nitrogens with one attached hydrogen (secondary N) is 1. The van der Waals surface area contributed by atoms with Gasteiger partial charge < -0.3 is 19.3 Å². The van der Waals surface area contributed by atoms with Crippen LogP contribution in [0.2, 0.25) is 0 Å². The molecular formula is C22H50N3O5P4+. The lowest BCUT2D eigenvalue weighted by Crippen LogP contribution is -2.29. The summed E-state index contributed by atoms with van der Waals surface area (Å²) < 4.78 is 12.2. The van der Waals surface area contributed by atoms with Crippen LogP contribution in [0.1, 0.15) is 64.2 Å². The Hall–Kier alpha value is 1.40. The summed E-state index contributed by atoms with van der Waals surface area (Å²) in [7, 11) is -4.11. The maximum absolute atomic E-state index is 9.84. The van der Waals surface area contributed by atoms with Crippen molar-refractivity contribution in [1.82, 2.24) is 10.2 Å². The molecule has 2 aliphatic carbocycles. The van der Waals surface area contributed by atoms with Gasteiger partial charge in [0.25, 0.3) is 16.2 Å². The van der Waals surface area contributed by atoms with Crippen molar-refractivity contribution in [3.8, 4) is 0 Å². The molecule has 3 unspecified atom stereocenters. The molecule has 0 aliphatic heterocycles. The average Bonchev–Trinajstić information content (AvgIpc) is 2.76. The number of hydrogen-bond donors (Lipinski definition) is 5. The summed E-state index contributed by atoms with van der Waals surface area (Å²) in [5.74, 6) is 1.43. The van der Waals surface area contributed by atoms with Gasteiger partial charge in [-0.2, -0.15) is 0 Å². The molecule has 2 saturated carbocycles. The van der Waals surface area contributed by atoms with E-state index >= 15 is 0 Å². The average molecular weight is 561 g/mol. The monoisotopic (exact) mass is 560 g/mol. The highest BCUT2D eigenvalue weighted by molar-refractivity contribution is 7.63. The summed E-state index contributed by atoms with van der Waals surface area (Å²) in [6.07, 6.45) is 13.7. The van der Waals surface area contributed by atoms with Gasteiger partial charge in [-0.25, -0.2) is 9.79 Å². The highest BCUT2D eigenvalue weighted by Gasteiger charge is 2.30. The van der Waals surface area contributed by atoms with Crippen molar-refractivity contribution in [3.05, 3.63) is 0 Å². The molecule has 0 amide bonds. The third kappa shape index (κ3) is 14.4. The Kier molecular flexibility index (Phi) is 15.9. The molecule has 0 aromatic carbocycles. The van der Waals surface area contributed by atoms with E-state index < -0.39 is 24.4 Å². The second kappa shape index (κ2) is 17.1. The third-order valence-electron chi connectivity index (χ3n) is 6.87. The van der Waals surface area contributed by atoms with E-state index in [9.17, 15) is 14.7 Å². The van der Waals surface area contributed by atoms with Gasteiger partial charge in [-0.15, -0.1) is 8.58 Å². The Bertz CT molecular complexity index is 531. The molecule has 0 saturated heterocycles. The minimum atomic E-state index is -2.75. The fraction of sp³-hybridized carbons (Fsp3) is 1.00. The second-order valence-corrected chi connectivity index (χ2v) is 16.4. The molecule has 0 radical (unpaired) electrons. The van der Waals surface area contributed by atoms with Gasteiger partial charge in [-0.05, 0) is 95.9 Å². The predicted molar refractivity (Wildman–Crippen MR) is 150 cm³/mol. The lowest BCUT2D eigenvalue weighted by atomic mass is 9.85. The minimum Gasteiger partial charge on any atom is -0.373 e. The maximum Gasteiger partial charge on any atom is 0.279 e. The van der Waals surface area contributed by atoms with E-state index in [2.05, 4.69) is 16.9 Å². The molecule has 8 nitrogen and oxygen atoms in total. The molecule has 0 bridgehead atoms. The third-order valence-corrected chi connectivity index (χ3v) is 10.3. The molecule has 3 atom stereocenters. The quantitative estimate of drug-likeness (QED) is 0.137. The summed E-state index contributed by atoms with van der Waals surface area (Å²) in [6.45, 7) is 7.54. The summed E-state index contributed by atoms with van der Waals surface area (Å²) in [5.41, 5.74) is 6.26. The van der Waals surface area contributed by atoms with E-state index in [1.165, 1.54) is 19.3 Å². The highest BCUT2D eigenvalue weighted by Crippen LogP contribution is 2.46. The zero-order chi connectivity index (χ0) is 25.0. The minimum absolute atomic E-state index is 0.211. The second-order valence-electron chi connectivity index (χ2n) is 10.3. The molecule has 202 valence electrons. The van der Waals surface area contributed by atoms with Crippen molar-refractivity contribution < 1.29 is 23.7 Å². The zero-order valence-corrected chi connectivity index (χ0v) is 25.1. The molecular weight excluding hydrogens is 510 g/mol. The van der Waals surface area contributed by atoms with Crippen molar-refractivity contribution in [3.63, 3.8) is 0 Å². The van der Waals surface area contributed by atoms with Crippen LogP contribution in [0, 0.1) is 11.8 Å². The molecule has 0 aromatic rings. The summed E-state index contributed by atoms with van der Waals surface area (Å²) in [6, 6.07) is 0. The summed E-state index contributed by atoms with van der Waals surface area (Å²) in [5, 5.41) is 3.34. The standard InChI is InChI=1S/C22H50N3O5P4/c1-31-17-25(18-34(3,27)28)15-13-20-6-10-22(11-7-20)30-33(23)29-21-8-4-19(5-9-21)12-14-24-16-32(2)26/h19-22,24,26-28,31H,4-18,23H2,1-3H3/q+1. The van der Waals surface area contributed by atoms with Crippen LogP contribution in [0.5, 0.6) is 0 Å². The lowest BCUT2D eigenvalue weighted by Gasteiger charge is -2.33. The summed E-state index contributed by atoms with van der Waals surface area (Å²) >= 11 is 0. The number of hydrogen-bond acceptors (Lipinski definition) is 8. The molecule has 6 N–H and O–H groups in total. The van der Waals surface area contributed by atoms with Crippen molar-refractivity contribution in [2.45, 2.75) is 76.4 Å². The van der Waals surface area contributed by atoms with Gasteiger partial charge in [0.2, 0.25) is 0 Å². The first kappa shape index (κ1) is 31.6. The molecule has 0 aromatic heterocycles. The fourth-order valence-electron chi connectivity index (χ4n) is 5.09. The van der Waals surface area contributed by atoms with Crippen LogP contribution in [0.3, 0.4) is 0 Å². The Balaban J connectivity index is 1.56. The topological polar surface area (TPSA) is 120 Å². The largest absolute Gasteiger partial charge is 0.373 e. The summed E-state index contributed by atoms with van der Waals surface area (Å²) in [4.78, 5) is 31.3. The molecule has 2 aliphatic rings. The molecule has 0 spiro atoms. The van der Waals surface area contributed by atoms with Crippen molar-refractivity contribution in [2.75, 3.05) is 51.9 Å². The molecule has 2 rings (SSSR count). The Morgan fingerprint density at radius 2 is 1.53 bits per heavy atom. The Morgan fingerprint density at radius 3 is 2.00 bits per heavy atom. The van der Waals surface area contributed by atoms with Gasteiger partial charge in [0.15, 0.2) is 6.29 Å². The van der Waals surface area contributed by atoms with Crippen LogP contribution in [-0.4, -0.2) is 83.7 Å². The zero-order valence-electron chi connectivity index (χ0n) is 21.4. The van der Waals surface area contributed by atoms with Crippen LogP contribution in [0.25, 0.3) is 0 Å². The molecule has 34 heavy (non-hydrogen) atoms. The van der Waals surface area contributed by atoms with E-state index in [0.717, 1.165) is 85.1 Å². The maximum atomic E-state index is 9.84. The number of rotatable bonds is 16. The van der Waals surface area contributed by atoms with Gasteiger partial charge in [-0.3, -0.25) is 10.4 Å². The van der Waals surface area contributed by atoms with Crippen LogP contribution in [0.4, 0.5) is 0 Å². The van der Waals surface area contributed by atoms with E-state index in [1.54, 1.807) is 6.66 Å². The lowest BCUT2D eigenvalue weighted by molar-refractivity contribution is 0.0825. The molecule has 2 fully saturated rings. The predicted octanol–water partition coefficient (Wildman–Crippen LogP) is 4.66. The van der Waals surface area contributed by atoms with E-state index in [4.69, 9.17) is 14.6 Å². The number of nitrogens with zero attached hydrogens (tertiary/aromatic N) is 1. The van der Waals surface area contributed by atoms with Crippen LogP contribution in [0.15, 0.2) is 0 Å². The highest BCUT2D eigenvalue weighted by atomic mass is 31.2. The van der Waals surface area contributed by atoms with Gasteiger partial charge in [0, 0.05) is 27.3 Å². The fourth-order valence-corrected chi connectivity index (χ4v) is 8.53. The van der Waals surface area contributed by atoms with E-state index in [-0.39, 0.29) is 12.2 Å². The molecule has 0 heterocycles. The first-order valence-corrected chi connectivity index (χ1v) is 20.0. The van der Waals surface area contributed by atoms with E-state index in [1.807, 2.05) is 6.66 Å². The van der Waals surface area contributed by atoms with Crippen LogP contribution >= 0.6 is 33.0 Å². The Labute approximate surface area is 212 Å². The molecule has 12 heteroatoms.